The van der Waals surface area contributed by atoms with Gasteiger partial charge in [0.1, 0.15) is 12.4 Å². The summed E-state index contributed by atoms with van der Waals surface area (Å²) in [5.74, 6) is -0.0487. The van der Waals surface area contributed by atoms with Crippen LogP contribution in [0, 0.1) is 0 Å². The van der Waals surface area contributed by atoms with E-state index in [4.69, 9.17) is 4.74 Å². The van der Waals surface area contributed by atoms with Gasteiger partial charge in [0.05, 0.1) is 17.7 Å². The number of piperidine rings is 1. The number of likely N-dealkylation sites (tertiary alicyclic amines) is 1. The second kappa shape index (κ2) is 12.2. The molecule has 0 saturated carbocycles. The van der Waals surface area contributed by atoms with Gasteiger partial charge in [-0.1, -0.05) is 36.8 Å². The number of rotatable bonds is 8. The minimum atomic E-state index is -5.04. The fourth-order valence-electron chi connectivity index (χ4n) is 5.52. The van der Waals surface area contributed by atoms with Gasteiger partial charge in [-0.25, -0.2) is 9.99 Å². The summed E-state index contributed by atoms with van der Waals surface area (Å²) in [5, 5.41) is 19.7. The molecule has 4 heterocycles. The summed E-state index contributed by atoms with van der Waals surface area (Å²) in [5.41, 5.74) is -2.29. The lowest BCUT2D eigenvalue weighted by Crippen LogP contribution is -2.55. The van der Waals surface area contributed by atoms with Crippen molar-refractivity contribution in [3.63, 3.8) is 0 Å². The number of pyridine rings is 2. The Balaban J connectivity index is 1.18. The zero-order valence-electron chi connectivity index (χ0n) is 23.8. The van der Waals surface area contributed by atoms with Gasteiger partial charge in [0.25, 0.3) is 11.6 Å². The van der Waals surface area contributed by atoms with Gasteiger partial charge in [-0.05, 0) is 56.3 Å². The smallest absolute Gasteiger partial charge is 0.438 e. The summed E-state index contributed by atoms with van der Waals surface area (Å²) in [6.07, 6.45) is 1.87. The third-order valence-electron chi connectivity index (χ3n) is 7.91. The van der Waals surface area contributed by atoms with E-state index in [0.717, 1.165) is 42.4 Å². The maximum absolute atomic E-state index is 14.0. The Hall–Kier alpha value is -4.55. The number of hydrogen-bond donors (Lipinski definition) is 2. The number of alkyl halides is 3. The maximum Gasteiger partial charge on any atom is 0.438 e. The van der Waals surface area contributed by atoms with Gasteiger partial charge < -0.3 is 15.2 Å². The van der Waals surface area contributed by atoms with Crippen molar-refractivity contribution in [2.75, 3.05) is 36.6 Å². The van der Waals surface area contributed by atoms with Crippen LogP contribution in [0.4, 0.5) is 24.7 Å². The summed E-state index contributed by atoms with van der Waals surface area (Å²) >= 11 is 0. The number of halogens is 3. The normalized spacial score (nSPS) is 19.2. The molecule has 9 nitrogen and oxygen atoms in total. The molecule has 2 aliphatic heterocycles. The molecule has 1 fully saturated rings. The zero-order chi connectivity index (χ0) is 30.7. The van der Waals surface area contributed by atoms with Crippen LogP contribution < -0.4 is 15.1 Å². The second-order valence-electron chi connectivity index (χ2n) is 10.9. The number of hydrogen-bond acceptors (Lipinski definition) is 8. The lowest BCUT2D eigenvalue weighted by atomic mass is 10.0. The van der Waals surface area contributed by atoms with Gasteiger partial charge >= 0.3 is 6.18 Å². The van der Waals surface area contributed by atoms with Gasteiger partial charge in [0.15, 0.2) is 5.82 Å². The van der Waals surface area contributed by atoms with Crippen molar-refractivity contribution in [3.8, 4) is 5.75 Å². The third kappa shape index (κ3) is 5.95. The Kier molecular flexibility index (Phi) is 8.19. The van der Waals surface area contributed by atoms with Crippen molar-refractivity contribution in [2.24, 2.45) is 5.10 Å². The first kappa shape index (κ1) is 29.5. The molecule has 2 N–H and O–H groups in total. The van der Waals surface area contributed by atoms with E-state index in [1.54, 1.807) is 18.2 Å². The average molecular weight is 605 g/mol. The Morgan fingerprint density at radius 2 is 1.77 bits per heavy atom. The zero-order valence-corrected chi connectivity index (χ0v) is 23.8. The number of aliphatic hydroxyl groups is 1. The summed E-state index contributed by atoms with van der Waals surface area (Å²) in [4.78, 5) is 23.6. The molecule has 2 aliphatic rings. The highest BCUT2D eigenvalue weighted by molar-refractivity contribution is 6.10. The molecule has 0 aliphatic carbocycles. The SMILES string of the molecule is O=C(Nc1ccc(OCCN2CCCCC2)c2ccccc12)c1ccc(N2N=C(c3cccnc3)CC2(O)C(F)(F)F)nc1. The number of fused-ring (bicyclic) bond motifs is 1. The van der Waals surface area contributed by atoms with E-state index in [9.17, 15) is 23.1 Å². The van der Waals surface area contributed by atoms with Crippen molar-refractivity contribution in [3.05, 3.63) is 90.4 Å². The van der Waals surface area contributed by atoms with Crippen LogP contribution in [0.25, 0.3) is 10.8 Å². The number of amides is 1. The lowest BCUT2D eigenvalue weighted by molar-refractivity contribution is -0.254. The van der Waals surface area contributed by atoms with Crippen LogP contribution in [0.3, 0.4) is 0 Å². The van der Waals surface area contributed by atoms with Crippen molar-refractivity contribution in [1.29, 1.82) is 0 Å². The molecule has 228 valence electrons. The van der Waals surface area contributed by atoms with E-state index in [1.165, 1.54) is 43.8 Å². The van der Waals surface area contributed by atoms with Gasteiger partial charge in [0, 0.05) is 47.2 Å². The summed E-state index contributed by atoms with van der Waals surface area (Å²) in [6.45, 7) is 3.59. The second-order valence-corrected chi connectivity index (χ2v) is 10.9. The van der Waals surface area contributed by atoms with Crippen LogP contribution in [0.1, 0.15) is 41.6 Å². The molecule has 6 rings (SSSR count). The van der Waals surface area contributed by atoms with Crippen LogP contribution in [0.15, 0.2) is 84.4 Å². The average Bonchev–Trinajstić information content (AvgIpc) is 3.42. The largest absolute Gasteiger partial charge is 0.492 e. The first-order valence-electron chi connectivity index (χ1n) is 14.4. The van der Waals surface area contributed by atoms with Gasteiger partial charge in [-0.15, -0.1) is 0 Å². The molecule has 1 amide bonds. The number of aromatic nitrogens is 2. The highest BCUT2D eigenvalue weighted by Gasteiger charge is 2.62. The van der Waals surface area contributed by atoms with Crippen molar-refractivity contribution < 1.29 is 27.8 Å². The van der Waals surface area contributed by atoms with Gasteiger partial charge in [0.2, 0.25) is 0 Å². The standard InChI is InChI=1S/C32H31F3N6O3/c33-32(34,35)31(43)19-27(22-7-6-14-36-20-22)39-41(31)29-13-10-23(21-37-29)30(42)38-26-11-12-28(25-9-3-2-8-24(25)26)44-18-17-40-15-4-1-5-16-40/h2-3,6-14,20-21,43H,1,4-5,15-19H2,(H,38,42). The van der Waals surface area contributed by atoms with Crippen LogP contribution in [0.5, 0.6) is 5.75 Å². The van der Waals surface area contributed by atoms with Crippen molar-refractivity contribution >= 4 is 33.9 Å². The number of hydrazone groups is 1. The highest BCUT2D eigenvalue weighted by atomic mass is 19.4. The van der Waals surface area contributed by atoms with E-state index in [-0.39, 0.29) is 17.1 Å². The van der Waals surface area contributed by atoms with Crippen LogP contribution >= 0.6 is 0 Å². The van der Waals surface area contributed by atoms with Gasteiger partial charge in [-0.2, -0.15) is 18.3 Å². The van der Waals surface area contributed by atoms with Crippen LogP contribution in [-0.2, 0) is 0 Å². The number of carbonyl (C=O) groups is 1. The molecule has 1 saturated heterocycles. The maximum atomic E-state index is 14.0. The number of nitrogens with zero attached hydrogens (tertiary/aromatic N) is 5. The minimum Gasteiger partial charge on any atom is -0.492 e. The fraction of sp³-hybridized carbons (Fsp3) is 0.312. The molecule has 2 aromatic heterocycles. The molecule has 1 atom stereocenters. The molecular weight excluding hydrogens is 573 g/mol. The van der Waals surface area contributed by atoms with Crippen molar-refractivity contribution in [1.82, 2.24) is 14.9 Å². The molecule has 1 unspecified atom stereocenters. The summed E-state index contributed by atoms with van der Waals surface area (Å²) in [6, 6.07) is 16.8. The van der Waals surface area contributed by atoms with Crippen LogP contribution in [0.2, 0.25) is 0 Å². The Labute approximate surface area is 252 Å². The number of benzene rings is 2. The molecule has 4 aromatic rings. The van der Waals surface area contributed by atoms with E-state index in [0.29, 0.717) is 22.9 Å². The van der Waals surface area contributed by atoms with E-state index in [1.807, 2.05) is 30.3 Å². The highest BCUT2D eigenvalue weighted by Crippen LogP contribution is 2.43. The van der Waals surface area contributed by atoms with Crippen LogP contribution in [-0.4, -0.2) is 69.7 Å². The number of nitrogens with one attached hydrogen (secondary N) is 1. The molecule has 2 aromatic carbocycles. The number of carbonyl (C=O) groups excluding carboxylic acids is 1. The van der Waals surface area contributed by atoms with Gasteiger partial charge in [-0.3, -0.25) is 14.7 Å². The first-order valence-corrected chi connectivity index (χ1v) is 14.4. The molecule has 44 heavy (non-hydrogen) atoms. The minimum absolute atomic E-state index is 0.00680. The lowest BCUT2D eigenvalue weighted by Gasteiger charge is -2.33. The fourth-order valence-corrected chi connectivity index (χ4v) is 5.52. The summed E-state index contributed by atoms with van der Waals surface area (Å²) in [7, 11) is 0. The Morgan fingerprint density at radius 1 is 0.977 bits per heavy atom. The predicted octanol–water partition coefficient (Wildman–Crippen LogP) is 5.61. The third-order valence-corrected chi connectivity index (χ3v) is 7.91. The van der Waals surface area contributed by atoms with Crippen molar-refractivity contribution in [2.45, 2.75) is 37.6 Å². The summed E-state index contributed by atoms with van der Waals surface area (Å²) < 4.78 is 48.3. The van der Waals surface area contributed by atoms with E-state index in [2.05, 4.69) is 25.3 Å². The molecular formula is C32H31F3N6O3. The van der Waals surface area contributed by atoms with E-state index < -0.39 is 24.2 Å². The topological polar surface area (TPSA) is 103 Å². The molecule has 12 heteroatoms. The molecule has 0 radical (unpaired) electrons. The Bertz CT molecular complexity index is 1660. The quantitative estimate of drug-likeness (QED) is 0.270. The van der Waals surface area contributed by atoms with E-state index >= 15 is 0 Å². The monoisotopic (exact) mass is 604 g/mol. The molecule has 0 spiro atoms. The predicted molar refractivity (Wildman–Crippen MR) is 161 cm³/mol. The first-order chi connectivity index (χ1) is 21.2. The number of ether oxygens (including phenoxy) is 1. The number of anilines is 2. The molecule has 0 bridgehead atoms. The Morgan fingerprint density at radius 3 is 2.48 bits per heavy atom.